The van der Waals surface area contributed by atoms with E-state index in [1.54, 1.807) is 36.4 Å². The molecule has 2 amide bonds. The van der Waals surface area contributed by atoms with Crippen LogP contribution in [-0.4, -0.2) is 31.1 Å². The highest BCUT2D eigenvalue weighted by Gasteiger charge is 2.28. The molecule has 2 aromatic rings. The van der Waals surface area contributed by atoms with E-state index in [-0.39, 0.29) is 37.1 Å². The molecule has 0 heterocycles. The summed E-state index contributed by atoms with van der Waals surface area (Å²) in [5.74, 6) is -0.425. The van der Waals surface area contributed by atoms with Crippen molar-refractivity contribution >= 4 is 27.7 Å². The number of hydrogen-bond donors (Lipinski definition) is 2. The van der Waals surface area contributed by atoms with Crippen molar-refractivity contribution < 1.29 is 27.5 Å². The zero-order chi connectivity index (χ0) is 20.6. The highest BCUT2D eigenvalue weighted by atomic mass is 79.9. The third kappa shape index (κ3) is 7.99. The van der Waals surface area contributed by atoms with E-state index >= 15 is 0 Å². The van der Waals surface area contributed by atoms with Crippen LogP contribution in [0, 0.1) is 0 Å². The summed E-state index contributed by atoms with van der Waals surface area (Å²) in [5, 5.41) is 5.34. The van der Waals surface area contributed by atoms with Gasteiger partial charge in [0.25, 0.3) is 5.91 Å². The standard InChI is InChI=1S/C19H18BrF3N2O3/c20-15-5-3-14(4-6-15)18(27)24-10-9-17(26)25-11-13-1-7-16(8-2-13)28-12-19(21,22)23/h1-8H,9-12H2,(H,24,27)(H,25,26). The highest BCUT2D eigenvalue weighted by molar-refractivity contribution is 9.10. The van der Waals surface area contributed by atoms with Crippen LogP contribution < -0.4 is 15.4 Å². The first-order valence-electron chi connectivity index (χ1n) is 8.32. The summed E-state index contributed by atoms with van der Waals surface area (Å²) in [5.41, 5.74) is 1.21. The molecule has 0 fully saturated rings. The van der Waals surface area contributed by atoms with Gasteiger partial charge in [0.2, 0.25) is 5.91 Å². The van der Waals surface area contributed by atoms with Crippen molar-refractivity contribution in [2.45, 2.75) is 19.1 Å². The highest BCUT2D eigenvalue weighted by Crippen LogP contribution is 2.18. The first kappa shape index (κ1) is 21.7. The summed E-state index contributed by atoms with van der Waals surface area (Å²) >= 11 is 3.29. The topological polar surface area (TPSA) is 67.4 Å². The maximum absolute atomic E-state index is 12.1. The fourth-order valence-electron chi connectivity index (χ4n) is 2.15. The number of amides is 2. The van der Waals surface area contributed by atoms with Gasteiger partial charge in [-0.3, -0.25) is 9.59 Å². The predicted octanol–water partition coefficient (Wildman–Crippen LogP) is 3.83. The van der Waals surface area contributed by atoms with Gasteiger partial charge in [0, 0.05) is 29.5 Å². The van der Waals surface area contributed by atoms with Gasteiger partial charge in [-0.25, -0.2) is 0 Å². The van der Waals surface area contributed by atoms with E-state index in [9.17, 15) is 22.8 Å². The lowest BCUT2D eigenvalue weighted by atomic mass is 10.2. The van der Waals surface area contributed by atoms with Crippen molar-refractivity contribution in [2.24, 2.45) is 0 Å². The maximum Gasteiger partial charge on any atom is 0.422 e. The van der Waals surface area contributed by atoms with Gasteiger partial charge in [0.1, 0.15) is 5.75 Å². The zero-order valence-corrected chi connectivity index (χ0v) is 16.3. The molecule has 0 aliphatic rings. The van der Waals surface area contributed by atoms with Crippen LogP contribution in [0.1, 0.15) is 22.3 Å². The van der Waals surface area contributed by atoms with Crippen molar-refractivity contribution in [2.75, 3.05) is 13.2 Å². The lowest BCUT2D eigenvalue weighted by Crippen LogP contribution is -2.30. The molecule has 0 radical (unpaired) electrons. The summed E-state index contributed by atoms with van der Waals surface area (Å²) < 4.78 is 41.8. The van der Waals surface area contributed by atoms with Gasteiger partial charge in [-0.15, -0.1) is 0 Å². The van der Waals surface area contributed by atoms with Crippen molar-refractivity contribution in [1.82, 2.24) is 10.6 Å². The van der Waals surface area contributed by atoms with E-state index in [1.165, 1.54) is 12.1 Å². The first-order chi connectivity index (χ1) is 13.2. The van der Waals surface area contributed by atoms with Gasteiger partial charge in [-0.2, -0.15) is 13.2 Å². The Morgan fingerprint density at radius 2 is 1.61 bits per heavy atom. The predicted molar refractivity (Wildman–Crippen MR) is 101 cm³/mol. The van der Waals surface area contributed by atoms with Gasteiger partial charge < -0.3 is 15.4 Å². The molecule has 0 saturated carbocycles. The minimum absolute atomic E-state index is 0.100. The van der Waals surface area contributed by atoms with Crippen molar-refractivity contribution in [3.05, 3.63) is 64.1 Å². The molecule has 0 saturated heterocycles. The fraction of sp³-hybridized carbons (Fsp3) is 0.263. The van der Waals surface area contributed by atoms with Crippen molar-refractivity contribution in [3.8, 4) is 5.75 Å². The van der Waals surface area contributed by atoms with Crippen LogP contribution >= 0.6 is 15.9 Å². The molecular formula is C19H18BrF3N2O3. The molecule has 2 N–H and O–H groups in total. The molecule has 150 valence electrons. The summed E-state index contributed by atoms with van der Waals surface area (Å²) in [6, 6.07) is 12.8. The SMILES string of the molecule is O=C(CCNC(=O)c1ccc(Br)cc1)NCc1ccc(OCC(F)(F)F)cc1. The Morgan fingerprint density at radius 3 is 2.21 bits per heavy atom. The summed E-state index contributed by atoms with van der Waals surface area (Å²) in [4.78, 5) is 23.8. The lowest BCUT2D eigenvalue weighted by molar-refractivity contribution is -0.153. The molecule has 0 atom stereocenters. The lowest BCUT2D eigenvalue weighted by Gasteiger charge is -2.10. The minimum atomic E-state index is -4.39. The quantitative estimate of drug-likeness (QED) is 0.631. The van der Waals surface area contributed by atoms with Crippen LogP contribution in [0.15, 0.2) is 53.0 Å². The Kier molecular flexibility index (Phi) is 7.86. The first-order valence-corrected chi connectivity index (χ1v) is 9.11. The van der Waals surface area contributed by atoms with Gasteiger partial charge in [-0.1, -0.05) is 28.1 Å². The average molecular weight is 459 g/mol. The Bertz CT molecular complexity index is 794. The fourth-order valence-corrected chi connectivity index (χ4v) is 2.41. The molecule has 0 aliphatic heterocycles. The van der Waals surface area contributed by atoms with Gasteiger partial charge >= 0.3 is 6.18 Å². The van der Waals surface area contributed by atoms with E-state index in [4.69, 9.17) is 0 Å². The second-order valence-electron chi connectivity index (χ2n) is 5.84. The van der Waals surface area contributed by atoms with Crippen LogP contribution in [-0.2, 0) is 11.3 Å². The minimum Gasteiger partial charge on any atom is -0.484 e. The smallest absolute Gasteiger partial charge is 0.422 e. The van der Waals surface area contributed by atoms with E-state index in [0.29, 0.717) is 11.1 Å². The Labute approximate surface area is 168 Å². The molecule has 2 rings (SSSR count). The van der Waals surface area contributed by atoms with Crippen LogP contribution in [0.25, 0.3) is 0 Å². The largest absolute Gasteiger partial charge is 0.484 e. The van der Waals surface area contributed by atoms with Crippen LogP contribution in [0.4, 0.5) is 13.2 Å². The molecule has 0 spiro atoms. The third-order valence-electron chi connectivity index (χ3n) is 3.56. The molecule has 0 aromatic heterocycles. The third-order valence-corrected chi connectivity index (χ3v) is 4.09. The zero-order valence-electron chi connectivity index (χ0n) is 14.7. The molecule has 2 aromatic carbocycles. The van der Waals surface area contributed by atoms with E-state index < -0.39 is 12.8 Å². The number of alkyl halides is 3. The maximum atomic E-state index is 12.1. The van der Waals surface area contributed by atoms with E-state index in [1.807, 2.05) is 0 Å². The van der Waals surface area contributed by atoms with Crippen molar-refractivity contribution in [1.29, 1.82) is 0 Å². The monoisotopic (exact) mass is 458 g/mol. The van der Waals surface area contributed by atoms with Crippen LogP contribution in [0.3, 0.4) is 0 Å². The number of ether oxygens (including phenoxy) is 1. The number of carbonyl (C=O) groups excluding carboxylic acids is 2. The molecule has 5 nitrogen and oxygen atoms in total. The van der Waals surface area contributed by atoms with Gasteiger partial charge in [0.15, 0.2) is 6.61 Å². The van der Waals surface area contributed by atoms with Gasteiger partial charge in [0.05, 0.1) is 0 Å². The second-order valence-corrected chi connectivity index (χ2v) is 6.75. The van der Waals surface area contributed by atoms with Gasteiger partial charge in [-0.05, 0) is 42.0 Å². The van der Waals surface area contributed by atoms with E-state index in [0.717, 1.165) is 4.47 Å². The number of carbonyl (C=O) groups is 2. The number of nitrogens with one attached hydrogen (secondary N) is 2. The second kappa shape index (κ2) is 10.1. The number of rotatable bonds is 8. The summed E-state index contributed by atoms with van der Waals surface area (Å²) in [6.07, 6.45) is -4.28. The molecule has 28 heavy (non-hydrogen) atoms. The van der Waals surface area contributed by atoms with E-state index in [2.05, 4.69) is 31.3 Å². The average Bonchev–Trinajstić information content (AvgIpc) is 2.65. The van der Waals surface area contributed by atoms with Crippen molar-refractivity contribution in [3.63, 3.8) is 0 Å². The normalized spacial score (nSPS) is 11.0. The molecule has 0 aliphatic carbocycles. The molecular weight excluding hydrogens is 441 g/mol. The Hall–Kier alpha value is -2.55. The molecule has 0 unspecified atom stereocenters. The number of hydrogen-bond acceptors (Lipinski definition) is 3. The molecule has 0 bridgehead atoms. The summed E-state index contributed by atoms with van der Waals surface area (Å²) in [6.45, 7) is -0.945. The Morgan fingerprint density at radius 1 is 0.964 bits per heavy atom. The Balaban J connectivity index is 1.68. The van der Waals surface area contributed by atoms with Crippen LogP contribution in [0.2, 0.25) is 0 Å². The number of halogens is 4. The molecule has 9 heteroatoms. The number of benzene rings is 2. The summed E-state index contributed by atoms with van der Waals surface area (Å²) in [7, 11) is 0. The van der Waals surface area contributed by atoms with Crippen LogP contribution in [0.5, 0.6) is 5.75 Å².